The lowest BCUT2D eigenvalue weighted by molar-refractivity contribution is -0.540. The molecule has 44 heavy (non-hydrogen) atoms. The number of allylic oxidation sites excluding steroid dienone is 8. The lowest BCUT2D eigenvalue weighted by Gasteiger charge is -2.37. The number of nitrogens with two attached hydrogens (primary N) is 1. The fourth-order valence-electron chi connectivity index (χ4n) is 7.36. The van der Waals surface area contributed by atoms with Crippen LogP contribution in [0.15, 0.2) is 120 Å². The van der Waals surface area contributed by atoms with Gasteiger partial charge in [-0.1, -0.05) is 133 Å². The molecule has 2 nitrogen and oxygen atoms in total. The molecular formula is C42H53N2+. The molecule has 0 aromatic heterocycles. The van der Waals surface area contributed by atoms with Gasteiger partial charge in [0.2, 0.25) is 0 Å². The Morgan fingerprint density at radius 1 is 0.841 bits per heavy atom. The first-order chi connectivity index (χ1) is 20.8. The van der Waals surface area contributed by atoms with Gasteiger partial charge in [0.25, 0.3) is 0 Å². The molecule has 1 heterocycles. The number of hydrogen-bond acceptors (Lipinski definition) is 1. The van der Waals surface area contributed by atoms with E-state index in [1.807, 2.05) is 0 Å². The highest BCUT2D eigenvalue weighted by molar-refractivity contribution is 5.84. The maximum atomic E-state index is 2.46. The molecule has 1 aliphatic heterocycles. The molecule has 3 aromatic rings. The first kappa shape index (κ1) is 31.8. The van der Waals surface area contributed by atoms with Crippen molar-refractivity contribution in [3.05, 3.63) is 137 Å². The molecule has 0 radical (unpaired) electrons. The van der Waals surface area contributed by atoms with Gasteiger partial charge in [-0.2, -0.15) is 0 Å². The molecule has 0 saturated heterocycles. The summed E-state index contributed by atoms with van der Waals surface area (Å²) >= 11 is 0. The summed E-state index contributed by atoms with van der Waals surface area (Å²) in [5, 5.41) is 2.24. The van der Waals surface area contributed by atoms with Crippen molar-refractivity contribution in [2.24, 2.45) is 11.3 Å². The Hall–Kier alpha value is -3.62. The SMILES string of the molecule is C[NH2+]c1ccccc1C(C)(C)C/C=C/C1=C(c2ccccc2)C(=C/C=C2/N(C)c3ccccc3C2(C)C)/CC(C(C)(C)C)C1. The molecule has 0 amide bonds. The van der Waals surface area contributed by atoms with Crippen molar-refractivity contribution >= 4 is 16.9 Å². The zero-order chi connectivity index (χ0) is 31.7. The van der Waals surface area contributed by atoms with E-state index < -0.39 is 0 Å². The fourth-order valence-corrected chi connectivity index (χ4v) is 7.36. The van der Waals surface area contributed by atoms with Crippen molar-refractivity contribution in [2.45, 2.75) is 78.6 Å². The molecule has 0 fully saturated rings. The number of rotatable bonds is 7. The Balaban J connectivity index is 1.60. The predicted molar refractivity (Wildman–Crippen MR) is 190 cm³/mol. The second-order valence-corrected chi connectivity index (χ2v) is 15.0. The molecule has 2 N–H and O–H groups in total. The second-order valence-electron chi connectivity index (χ2n) is 15.0. The van der Waals surface area contributed by atoms with Gasteiger partial charge in [-0.15, -0.1) is 0 Å². The average molecular weight is 586 g/mol. The molecule has 1 aliphatic carbocycles. The summed E-state index contributed by atoms with van der Waals surface area (Å²) in [5.74, 6) is 0.564. The van der Waals surface area contributed by atoms with E-state index in [1.54, 1.807) is 0 Å². The molecular weight excluding hydrogens is 532 g/mol. The molecule has 0 saturated carbocycles. The highest BCUT2D eigenvalue weighted by atomic mass is 15.2. The molecule has 2 aliphatic rings. The normalized spacial score (nSPS) is 20.7. The van der Waals surface area contributed by atoms with Crippen molar-refractivity contribution in [3.8, 4) is 0 Å². The summed E-state index contributed by atoms with van der Waals surface area (Å²) in [6.07, 6.45) is 12.9. The van der Waals surface area contributed by atoms with Crippen molar-refractivity contribution in [2.75, 3.05) is 19.0 Å². The van der Waals surface area contributed by atoms with Crippen LogP contribution in [0.2, 0.25) is 0 Å². The van der Waals surface area contributed by atoms with Crippen LogP contribution >= 0.6 is 0 Å². The average Bonchev–Trinajstić information content (AvgIpc) is 3.19. The second kappa shape index (κ2) is 12.4. The predicted octanol–water partition coefficient (Wildman–Crippen LogP) is 9.88. The molecule has 2 heteroatoms. The van der Waals surface area contributed by atoms with E-state index in [-0.39, 0.29) is 16.2 Å². The van der Waals surface area contributed by atoms with Crippen LogP contribution in [0.25, 0.3) is 5.57 Å². The molecule has 1 atom stereocenters. The van der Waals surface area contributed by atoms with Gasteiger partial charge in [-0.25, -0.2) is 0 Å². The largest absolute Gasteiger partial charge is 0.347 e. The van der Waals surface area contributed by atoms with E-state index in [0.29, 0.717) is 5.92 Å². The molecule has 1 unspecified atom stereocenters. The zero-order valence-electron chi connectivity index (χ0n) is 28.5. The minimum atomic E-state index is -0.0440. The van der Waals surface area contributed by atoms with Crippen LogP contribution < -0.4 is 10.2 Å². The van der Waals surface area contributed by atoms with E-state index in [4.69, 9.17) is 0 Å². The van der Waals surface area contributed by atoms with Gasteiger partial charge in [0, 0.05) is 29.4 Å². The minimum absolute atomic E-state index is 0.0436. The van der Waals surface area contributed by atoms with Crippen LogP contribution in [0.5, 0.6) is 0 Å². The van der Waals surface area contributed by atoms with Crippen molar-refractivity contribution in [1.82, 2.24) is 0 Å². The maximum absolute atomic E-state index is 2.46. The highest BCUT2D eigenvalue weighted by Gasteiger charge is 2.38. The number of anilines is 1. The number of hydrogen-bond donors (Lipinski definition) is 1. The van der Waals surface area contributed by atoms with Crippen LogP contribution in [0.1, 0.15) is 84.4 Å². The minimum Gasteiger partial charge on any atom is -0.347 e. The van der Waals surface area contributed by atoms with Crippen LogP contribution in [0.4, 0.5) is 11.4 Å². The number of fused-ring (bicyclic) bond motifs is 1. The van der Waals surface area contributed by atoms with Crippen LogP contribution in [0.3, 0.4) is 0 Å². The summed E-state index contributed by atoms with van der Waals surface area (Å²) in [5.41, 5.74) is 12.6. The van der Waals surface area contributed by atoms with Gasteiger partial charge in [0.1, 0.15) is 5.69 Å². The molecule has 0 bridgehead atoms. The number of para-hydroxylation sites is 2. The van der Waals surface area contributed by atoms with Crippen molar-refractivity contribution in [1.29, 1.82) is 0 Å². The first-order valence-electron chi connectivity index (χ1n) is 16.4. The standard InChI is InChI=1S/C42H52N2/c1-40(2,3)33-28-31(20-17-27-41(4,5)34-21-13-15-23-36(34)43-8)39(30-18-11-10-12-19-30)32(29-33)25-26-38-42(6,7)35-22-14-16-24-37(35)44(38)9/h10-26,33,43H,27-29H2,1-9H3/p+1/b20-17+,32-25+,38-26+. The summed E-state index contributed by atoms with van der Waals surface area (Å²) in [4.78, 5) is 2.39. The number of nitrogens with zero attached hydrogens (tertiary/aromatic N) is 1. The number of likely N-dealkylation sites (N-methyl/N-ethyl adjacent to an activating group) is 1. The summed E-state index contributed by atoms with van der Waals surface area (Å²) in [6, 6.07) is 28.8. The third kappa shape index (κ3) is 6.28. The molecule has 230 valence electrons. The first-order valence-corrected chi connectivity index (χ1v) is 16.4. The number of quaternary nitrogens is 1. The van der Waals surface area contributed by atoms with Gasteiger partial charge in [0.15, 0.2) is 0 Å². The van der Waals surface area contributed by atoms with E-state index >= 15 is 0 Å². The number of benzene rings is 3. The van der Waals surface area contributed by atoms with Crippen LogP contribution in [0, 0.1) is 11.3 Å². The van der Waals surface area contributed by atoms with E-state index in [9.17, 15) is 0 Å². The van der Waals surface area contributed by atoms with Crippen molar-refractivity contribution < 1.29 is 5.32 Å². The third-order valence-corrected chi connectivity index (χ3v) is 10.2. The smallest absolute Gasteiger partial charge is 0.133 e. The lowest BCUT2D eigenvalue weighted by Crippen LogP contribution is -2.73. The van der Waals surface area contributed by atoms with Gasteiger partial charge in [-0.3, -0.25) is 0 Å². The van der Waals surface area contributed by atoms with E-state index in [2.05, 4.69) is 176 Å². The fraction of sp³-hybridized carbons (Fsp3) is 0.381. The summed E-state index contributed by atoms with van der Waals surface area (Å²) < 4.78 is 0. The Morgan fingerprint density at radius 2 is 1.50 bits per heavy atom. The summed E-state index contributed by atoms with van der Waals surface area (Å²) in [6.45, 7) is 16.7. The Bertz CT molecular complexity index is 1600. The Morgan fingerprint density at radius 3 is 2.18 bits per heavy atom. The molecule has 0 spiro atoms. The van der Waals surface area contributed by atoms with Crippen LogP contribution in [-0.4, -0.2) is 14.1 Å². The topological polar surface area (TPSA) is 19.9 Å². The maximum Gasteiger partial charge on any atom is 0.133 e. The monoisotopic (exact) mass is 585 g/mol. The van der Waals surface area contributed by atoms with E-state index in [1.165, 1.54) is 50.5 Å². The quantitative estimate of drug-likeness (QED) is 0.274. The van der Waals surface area contributed by atoms with Crippen molar-refractivity contribution in [3.63, 3.8) is 0 Å². The van der Waals surface area contributed by atoms with E-state index in [0.717, 1.165) is 19.3 Å². The zero-order valence-corrected chi connectivity index (χ0v) is 28.5. The summed E-state index contributed by atoms with van der Waals surface area (Å²) in [7, 11) is 4.36. The van der Waals surface area contributed by atoms with Gasteiger partial charge < -0.3 is 10.2 Å². The van der Waals surface area contributed by atoms with Gasteiger partial charge in [0.05, 0.1) is 7.05 Å². The molecule has 5 rings (SSSR count). The van der Waals surface area contributed by atoms with Crippen LogP contribution in [-0.2, 0) is 10.8 Å². The lowest BCUT2D eigenvalue weighted by atomic mass is 9.67. The Labute approximate surface area is 267 Å². The highest BCUT2D eigenvalue weighted by Crippen LogP contribution is 2.49. The Kier molecular flexibility index (Phi) is 8.96. The van der Waals surface area contributed by atoms with Gasteiger partial charge in [-0.05, 0) is 82.1 Å². The molecule has 3 aromatic carbocycles. The van der Waals surface area contributed by atoms with Gasteiger partial charge >= 0.3 is 0 Å². The third-order valence-electron chi connectivity index (χ3n) is 10.2.